The molecule has 0 saturated carbocycles. The van der Waals surface area contributed by atoms with E-state index in [4.69, 9.17) is 0 Å². The lowest BCUT2D eigenvalue weighted by Crippen LogP contribution is -2.26. The first-order valence-corrected chi connectivity index (χ1v) is 33.5. The molecular formula is C93H62N4. The standard InChI is InChI=1S/C93H62N4/c1-4-26-69(27-5-1)94(72-52-54-75(55-53-72)97-90-40-20-16-36-82(90)83-37-17-21-41-91(83)97)76-56-57-81-79-34-14-18-38-85(79)93(88(81)62-76)86-39-19-15-35-80(86)84-60-66(47-58-87(84)93)68-59-67-24-11-13-33-78(67)92(61-68)96(71-30-8-3-9-31-71)74-50-45-64(46-51-74)63-43-48-73(49-44-63)95(70-28-6-2-7-29-70)89-42-22-25-65-23-10-12-32-77(65)89/h1-62H. The van der Waals surface area contributed by atoms with E-state index in [1.807, 2.05) is 0 Å². The number of rotatable bonds is 12. The summed E-state index contributed by atoms with van der Waals surface area (Å²) >= 11 is 0. The Morgan fingerprint density at radius 3 is 1.23 bits per heavy atom. The van der Waals surface area contributed by atoms with Gasteiger partial charge in [-0.05, 0) is 211 Å². The number of hydrogen-bond acceptors (Lipinski definition) is 3. The SMILES string of the molecule is c1ccc(N(c2ccc(-n3c4ccccc4c4ccccc43)cc2)c2ccc3c(c2)C2(c4ccccc4-c4cc(-c5cc(N(c6ccccc6)c6ccc(-c7ccc(N(c8ccccc8)c8cccc9ccccc89)cc7)cc6)c6ccccc6c5)ccc42)c2ccccc2-3)cc1. The number of para-hydroxylation sites is 5. The van der Waals surface area contributed by atoms with E-state index in [-0.39, 0.29) is 0 Å². The van der Waals surface area contributed by atoms with Gasteiger partial charge in [-0.2, -0.15) is 0 Å². The largest absolute Gasteiger partial charge is 0.310 e. The highest BCUT2D eigenvalue weighted by atomic mass is 15.2. The maximum absolute atomic E-state index is 2.49. The van der Waals surface area contributed by atoms with Gasteiger partial charge in [-0.15, -0.1) is 0 Å². The lowest BCUT2D eigenvalue weighted by Gasteiger charge is -2.32. The van der Waals surface area contributed by atoms with Gasteiger partial charge in [0.1, 0.15) is 0 Å². The minimum atomic E-state index is -0.581. The molecule has 0 fully saturated rings. The quantitative estimate of drug-likeness (QED) is 0.121. The average molecular weight is 1240 g/mol. The van der Waals surface area contributed by atoms with Crippen molar-refractivity contribution in [3.63, 3.8) is 0 Å². The molecule has 2 aliphatic carbocycles. The van der Waals surface area contributed by atoms with Crippen LogP contribution in [0.2, 0.25) is 0 Å². The fourth-order valence-corrected chi connectivity index (χ4v) is 16.1. The van der Waals surface area contributed by atoms with Crippen molar-refractivity contribution in [3.05, 3.63) is 398 Å². The van der Waals surface area contributed by atoms with Crippen LogP contribution in [0.15, 0.2) is 376 Å². The summed E-state index contributed by atoms with van der Waals surface area (Å²) in [5.74, 6) is 0. The van der Waals surface area contributed by atoms with Crippen LogP contribution in [-0.2, 0) is 5.41 Å². The van der Waals surface area contributed by atoms with Crippen LogP contribution < -0.4 is 14.7 Å². The summed E-state index contributed by atoms with van der Waals surface area (Å²) in [4.78, 5) is 7.22. The minimum absolute atomic E-state index is 0.581. The van der Waals surface area contributed by atoms with Crippen molar-refractivity contribution in [2.75, 3.05) is 14.7 Å². The van der Waals surface area contributed by atoms with Crippen molar-refractivity contribution < 1.29 is 0 Å². The van der Waals surface area contributed by atoms with Crippen molar-refractivity contribution in [2.24, 2.45) is 0 Å². The Balaban J connectivity index is 0.705. The minimum Gasteiger partial charge on any atom is -0.310 e. The lowest BCUT2D eigenvalue weighted by molar-refractivity contribution is 0.794. The smallest absolute Gasteiger partial charge is 0.0726 e. The van der Waals surface area contributed by atoms with E-state index in [2.05, 4.69) is 395 Å². The van der Waals surface area contributed by atoms with Gasteiger partial charge in [0.05, 0.1) is 27.8 Å². The first kappa shape index (κ1) is 55.8. The van der Waals surface area contributed by atoms with Gasteiger partial charge in [0.2, 0.25) is 0 Å². The predicted molar refractivity (Wildman–Crippen MR) is 407 cm³/mol. The topological polar surface area (TPSA) is 14.7 Å². The molecule has 4 heteroatoms. The summed E-state index contributed by atoms with van der Waals surface area (Å²) < 4.78 is 2.39. The van der Waals surface area contributed by atoms with Crippen LogP contribution in [-0.4, -0.2) is 4.57 Å². The third-order valence-electron chi connectivity index (χ3n) is 20.3. The van der Waals surface area contributed by atoms with Crippen LogP contribution in [0.5, 0.6) is 0 Å². The highest BCUT2D eigenvalue weighted by Gasteiger charge is 2.52. The normalized spacial score (nSPS) is 13.4. The molecule has 97 heavy (non-hydrogen) atoms. The summed E-state index contributed by atoms with van der Waals surface area (Å²) in [5, 5.41) is 7.28. The van der Waals surface area contributed by atoms with Crippen molar-refractivity contribution in [2.45, 2.75) is 5.41 Å². The van der Waals surface area contributed by atoms with Crippen LogP contribution in [0.4, 0.5) is 51.2 Å². The van der Waals surface area contributed by atoms with Crippen LogP contribution in [0.1, 0.15) is 22.3 Å². The molecule has 1 spiro atoms. The molecule has 1 aromatic heterocycles. The summed E-state index contributed by atoms with van der Waals surface area (Å²) in [7, 11) is 0. The number of anilines is 9. The van der Waals surface area contributed by atoms with Crippen molar-refractivity contribution >= 4 is 94.5 Å². The van der Waals surface area contributed by atoms with Crippen LogP contribution in [0.25, 0.3) is 93.5 Å². The summed E-state index contributed by atoms with van der Waals surface area (Å²) in [5.41, 5.74) is 27.7. The van der Waals surface area contributed by atoms with Gasteiger partial charge in [-0.25, -0.2) is 0 Å². The van der Waals surface area contributed by atoms with Gasteiger partial charge in [-0.1, -0.05) is 243 Å². The monoisotopic (exact) mass is 1230 g/mol. The number of hydrogen-bond donors (Lipinski definition) is 0. The summed E-state index contributed by atoms with van der Waals surface area (Å²) in [6, 6.07) is 139. The molecule has 2 aliphatic rings. The molecule has 0 amide bonds. The molecule has 4 nitrogen and oxygen atoms in total. The molecule has 0 N–H and O–H groups in total. The molecule has 0 saturated heterocycles. The van der Waals surface area contributed by atoms with E-state index < -0.39 is 5.41 Å². The van der Waals surface area contributed by atoms with Gasteiger partial charge in [0.15, 0.2) is 0 Å². The molecule has 1 unspecified atom stereocenters. The second-order valence-electron chi connectivity index (χ2n) is 25.5. The van der Waals surface area contributed by atoms with Gasteiger partial charge in [-0.3, -0.25) is 0 Å². The summed E-state index contributed by atoms with van der Waals surface area (Å²) in [6.07, 6.45) is 0. The van der Waals surface area contributed by atoms with Crippen molar-refractivity contribution in [3.8, 4) is 50.2 Å². The van der Waals surface area contributed by atoms with E-state index in [0.29, 0.717) is 0 Å². The summed E-state index contributed by atoms with van der Waals surface area (Å²) in [6.45, 7) is 0. The van der Waals surface area contributed by atoms with E-state index in [0.717, 1.165) is 79.1 Å². The lowest BCUT2D eigenvalue weighted by atomic mass is 9.70. The van der Waals surface area contributed by atoms with Gasteiger partial charge in [0.25, 0.3) is 0 Å². The third kappa shape index (κ3) is 8.99. The molecule has 0 aliphatic heterocycles. The Hall–Kier alpha value is -12.8. The molecule has 1 atom stereocenters. The van der Waals surface area contributed by atoms with Crippen LogP contribution in [0, 0.1) is 0 Å². The van der Waals surface area contributed by atoms with E-state index in [9.17, 15) is 0 Å². The van der Waals surface area contributed by atoms with E-state index in [1.54, 1.807) is 0 Å². The Morgan fingerprint density at radius 2 is 0.619 bits per heavy atom. The Kier molecular flexibility index (Phi) is 13.1. The number of fused-ring (bicyclic) bond motifs is 15. The third-order valence-corrected chi connectivity index (χ3v) is 20.3. The fraction of sp³-hybridized carbons (Fsp3) is 0.0108. The maximum Gasteiger partial charge on any atom is 0.0726 e. The maximum atomic E-state index is 2.49. The predicted octanol–water partition coefficient (Wildman–Crippen LogP) is 25.2. The van der Waals surface area contributed by atoms with E-state index >= 15 is 0 Å². The second-order valence-corrected chi connectivity index (χ2v) is 25.5. The van der Waals surface area contributed by atoms with Gasteiger partial charge < -0.3 is 19.3 Å². The zero-order valence-corrected chi connectivity index (χ0v) is 53.1. The highest BCUT2D eigenvalue weighted by molar-refractivity contribution is 6.10. The molecule has 0 bridgehead atoms. The molecule has 0 radical (unpaired) electrons. The first-order chi connectivity index (χ1) is 48.1. The number of nitrogens with zero attached hydrogens (tertiary/aromatic N) is 4. The molecular weight excluding hydrogens is 1170 g/mol. The Labute approximate surface area is 564 Å². The van der Waals surface area contributed by atoms with Crippen molar-refractivity contribution in [1.29, 1.82) is 0 Å². The first-order valence-electron chi connectivity index (χ1n) is 33.5. The van der Waals surface area contributed by atoms with Gasteiger partial charge >= 0.3 is 0 Å². The van der Waals surface area contributed by atoms with Crippen molar-refractivity contribution in [1.82, 2.24) is 4.57 Å². The second kappa shape index (κ2) is 22.8. The average Bonchev–Trinajstić information content (AvgIpc) is 1.51. The Morgan fingerprint density at radius 1 is 0.206 bits per heavy atom. The molecule has 17 aromatic rings. The number of benzene rings is 16. The Bertz CT molecular complexity index is 5820. The zero-order valence-electron chi connectivity index (χ0n) is 53.1. The molecule has 454 valence electrons. The highest BCUT2D eigenvalue weighted by Crippen LogP contribution is 2.64. The zero-order chi connectivity index (χ0) is 64.0. The van der Waals surface area contributed by atoms with Crippen LogP contribution >= 0.6 is 0 Å². The molecule has 19 rings (SSSR count). The molecule has 1 heterocycles. The number of aromatic nitrogens is 1. The van der Waals surface area contributed by atoms with Gasteiger partial charge in [0, 0.05) is 67.0 Å². The van der Waals surface area contributed by atoms with E-state index in [1.165, 1.54) is 87.9 Å². The fourth-order valence-electron chi connectivity index (χ4n) is 16.1. The molecule has 16 aromatic carbocycles. The van der Waals surface area contributed by atoms with Crippen LogP contribution in [0.3, 0.4) is 0 Å².